The molecule has 0 aromatic carbocycles. The molecule has 0 bridgehead atoms. The highest BCUT2D eigenvalue weighted by Gasteiger charge is 2.35. The van der Waals surface area contributed by atoms with E-state index in [1.54, 1.807) is 6.08 Å². The Kier molecular flexibility index (Phi) is 4.15. The predicted molar refractivity (Wildman–Crippen MR) is 60.1 cm³/mol. The quantitative estimate of drug-likeness (QED) is 0.583. The zero-order valence-corrected chi connectivity index (χ0v) is 9.56. The molecule has 0 spiro atoms. The van der Waals surface area contributed by atoms with Gasteiger partial charge in [0.05, 0.1) is 0 Å². The van der Waals surface area contributed by atoms with E-state index in [-0.39, 0.29) is 0 Å². The molecular formula is C13H23F. The van der Waals surface area contributed by atoms with Crippen molar-refractivity contribution in [1.82, 2.24) is 0 Å². The Morgan fingerprint density at radius 1 is 1.57 bits per heavy atom. The molecular weight excluding hydrogens is 175 g/mol. The van der Waals surface area contributed by atoms with Crippen LogP contribution in [-0.2, 0) is 0 Å². The summed E-state index contributed by atoms with van der Waals surface area (Å²) >= 11 is 0. The van der Waals surface area contributed by atoms with Crippen molar-refractivity contribution in [3.8, 4) is 0 Å². The van der Waals surface area contributed by atoms with Gasteiger partial charge in [0.15, 0.2) is 0 Å². The van der Waals surface area contributed by atoms with Gasteiger partial charge in [-0.25, -0.2) is 4.39 Å². The summed E-state index contributed by atoms with van der Waals surface area (Å²) in [6, 6.07) is 0. The molecule has 1 aliphatic rings. The minimum atomic E-state index is -0.931. The first-order valence-electron chi connectivity index (χ1n) is 5.85. The highest BCUT2D eigenvalue weighted by Crippen LogP contribution is 2.40. The molecule has 0 aliphatic heterocycles. The largest absolute Gasteiger partial charge is 0.244 e. The van der Waals surface area contributed by atoms with Crippen molar-refractivity contribution in [2.24, 2.45) is 11.8 Å². The molecule has 82 valence electrons. The average Bonchev–Trinajstić information content (AvgIpc) is 2.02. The Balaban J connectivity index is 2.46. The molecule has 0 radical (unpaired) electrons. The van der Waals surface area contributed by atoms with Crippen molar-refractivity contribution in [2.45, 2.75) is 58.0 Å². The first-order valence-corrected chi connectivity index (χ1v) is 5.85. The van der Waals surface area contributed by atoms with E-state index >= 15 is 0 Å². The van der Waals surface area contributed by atoms with Crippen molar-refractivity contribution in [3.63, 3.8) is 0 Å². The molecule has 0 N–H and O–H groups in total. The fourth-order valence-electron chi connectivity index (χ4n) is 2.74. The standard InChI is InChI=1S/C13H23F/c1-4-7-13(14)8-5-6-12(10-13)9-11(2)3/h4,11-12H,1,5-10H2,2-3H3. The van der Waals surface area contributed by atoms with Crippen LogP contribution in [0.2, 0.25) is 0 Å². The van der Waals surface area contributed by atoms with Crippen molar-refractivity contribution >= 4 is 0 Å². The number of hydrogen-bond acceptors (Lipinski definition) is 0. The molecule has 0 nitrogen and oxygen atoms in total. The maximum atomic E-state index is 14.2. The SMILES string of the molecule is C=CCC1(F)CCCC(CC(C)C)C1. The van der Waals surface area contributed by atoms with Crippen LogP contribution in [0.3, 0.4) is 0 Å². The molecule has 1 fully saturated rings. The summed E-state index contributed by atoms with van der Waals surface area (Å²) in [7, 11) is 0. The maximum absolute atomic E-state index is 14.2. The van der Waals surface area contributed by atoms with Crippen LogP contribution in [0.5, 0.6) is 0 Å². The molecule has 0 heterocycles. The molecule has 0 aromatic rings. The summed E-state index contributed by atoms with van der Waals surface area (Å²) in [4.78, 5) is 0. The Morgan fingerprint density at radius 3 is 2.86 bits per heavy atom. The van der Waals surface area contributed by atoms with Crippen LogP contribution in [0.15, 0.2) is 12.7 Å². The number of halogens is 1. The van der Waals surface area contributed by atoms with Crippen LogP contribution in [0.1, 0.15) is 52.4 Å². The maximum Gasteiger partial charge on any atom is 0.114 e. The van der Waals surface area contributed by atoms with E-state index in [0.29, 0.717) is 18.3 Å². The minimum absolute atomic E-state index is 0.543. The van der Waals surface area contributed by atoms with Gasteiger partial charge in [0.1, 0.15) is 5.67 Å². The van der Waals surface area contributed by atoms with E-state index in [0.717, 1.165) is 19.3 Å². The Morgan fingerprint density at radius 2 is 2.29 bits per heavy atom. The predicted octanol–water partition coefficient (Wildman–Crippen LogP) is 4.51. The number of rotatable bonds is 4. The third-order valence-electron chi connectivity index (χ3n) is 3.21. The second-order valence-electron chi connectivity index (χ2n) is 5.24. The lowest BCUT2D eigenvalue weighted by molar-refractivity contribution is 0.0708. The Labute approximate surface area is 87.6 Å². The van der Waals surface area contributed by atoms with Gasteiger partial charge in [-0.15, -0.1) is 6.58 Å². The normalized spacial score (nSPS) is 33.3. The van der Waals surface area contributed by atoms with Gasteiger partial charge in [-0.05, 0) is 43.9 Å². The molecule has 0 aromatic heterocycles. The van der Waals surface area contributed by atoms with Gasteiger partial charge < -0.3 is 0 Å². The third kappa shape index (κ3) is 3.43. The molecule has 1 aliphatic carbocycles. The Hall–Kier alpha value is -0.330. The summed E-state index contributed by atoms with van der Waals surface area (Å²) in [5, 5.41) is 0. The van der Waals surface area contributed by atoms with Crippen LogP contribution >= 0.6 is 0 Å². The summed E-state index contributed by atoms with van der Waals surface area (Å²) in [6.45, 7) is 8.09. The topological polar surface area (TPSA) is 0 Å². The van der Waals surface area contributed by atoms with Crippen LogP contribution in [-0.4, -0.2) is 5.67 Å². The first-order chi connectivity index (χ1) is 6.56. The van der Waals surface area contributed by atoms with Crippen LogP contribution in [0, 0.1) is 11.8 Å². The second-order valence-corrected chi connectivity index (χ2v) is 5.24. The van der Waals surface area contributed by atoms with E-state index in [4.69, 9.17) is 0 Å². The van der Waals surface area contributed by atoms with E-state index < -0.39 is 5.67 Å². The highest BCUT2D eigenvalue weighted by atomic mass is 19.1. The zero-order valence-electron chi connectivity index (χ0n) is 9.56. The molecule has 1 heteroatoms. The van der Waals surface area contributed by atoms with E-state index in [9.17, 15) is 4.39 Å². The molecule has 1 rings (SSSR count). The van der Waals surface area contributed by atoms with E-state index in [2.05, 4.69) is 20.4 Å². The number of hydrogen-bond donors (Lipinski definition) is 0. The number of alkyl halides is 1. The monoisotopic (exact) mass is 198 g/mol. The number of allylic oxidation sites excluding steroid dienone is 1. The molecule has 2 unspecified atom stereocenters. The van der Waals surface area contributed by atoms with Crippen molar-refractivity contribution in [2.75, 3.05) is 0 Å². The summed E-state index contributed by atoms with van der Waals surface area (Å²) < 4.78 is 14.2. The fourth-order valence-corrected chi connectivity index (χ4v) is 2.74. The van der Waals surface area contributed by atoms with Crippen LogP contribution in [0.25, 0.3) is 0 Å². The lowest BCUT2D eigenvalue weighted by Gasteiger charge is -2.34. The van der Waals surface area contributed by atoms with Gasteiger partial charge in [-0.2, -0.15) is 0 Å². The zero-order chi connectivity index (χ0) is 10.6. The van der Waals surface area contributed by atoms with Gasteiger partial charge in [-0.1, -0.05) is 26.3 Å². The van der Waals surface area contributed by atoms with E-state index in [1.807, 2.05) is 0 Å². The fraction of sp³-hybridized carbons (Fsp3) is 0.846. The third-order valence-corrected chi connectivity index (χ3v) is 3.21. The summed E-state index contributed by atoms with van der Waals surface area (Å²) in [5.41, 5.74) is -0.931. The van der Waals surface area contributed by atoms with Gasteiger partial charge in [0.25, 0.3) is 0 Å². The summed E-state index contributed by atoms with van der Waals surface area (Å²) in [5.74, 6) is 1.31. The smallest absolute Gasteiger partial charge is 0.114 e. The van der Waals surface area contributed by atoms with Gasteiger partial charge in [-0.3, -0.25) is 0 Å². The van der Waals surface area contributed by atoms with Crippen molar-refractivity contribution in [1.29, 1.82) is 0 Å². The van der Waals surface area contributed by atoms with Crippen molar-refractivity contribution < 1.29 is 4.39 Å². The van der Waals surface area contributed by atoms with Crippen molar-refractivity contribution in [3.05, 3.63) is 12.7 Å². The first kappa shape index (κ1) is 11.7. The average molecular weight is 198 g/mol. The molecule has 0 amide bonds. The summed E-state index contributed by atoms with van der Waals surface area (Å²) in [6.07, 6.45) is 7.25. The molecule has 2 atom stereocenters. The molecule has 14 heavy (non-hydrogen) atoms. The van der Waals surface area contributed by atoms with Gasteiger partial charge in [0.2, 0.25) is 0 Å². The van der Waals surface area contributed by atoms with Crippen LogP contribution < -0.4 is 0 Å². The lowest BCUT2D eigenvalue weighted by atomic mass is 9.75. The highest BCUT2D eigenvalue weighted by molar-refractivity contribution is 4.92. The van der Waals surface area contributed by atoms with Crippen LogP contribution in [0.4, 0.5) is 4.39 Å². The van der Waals surface area contributed by atoms with Gasteiger partial charge >= 0.3 is 0 Å². The van der Waals surface area contributed by atoms with E-state index in [1.165, 1.54) is 12.8 Å². The Bertz CT molecular complexity index is 186. The second kappa shape index (κ2) is 4.95. The lowest BCUT2D eigenvalue weighted by Crippen LogP contribution is -2.30. The molecule has 1 saturated carbocycles. The minimum Gasteiger partial charge on any atom is -0.244 e. The van der Waals surface area contributed by atoms with Gasteiger partial charge in [0, 0.05) is 0 Å². The molecule has 0 saturated heterocycles.